The Labute approximate surface area is 94.3 Å². The second kappa shape index (κ2) is 6.60. The average molecular weight is 208 g/mol. The van der Waals surface area contributed by atoms with Crippen molar-refractivity contribution in [2.75, 3.05) is 0 Å². The zero-order valence-corrected chi connectivity index (χ0v) is 10.7. The summed E-state index contributed by atoms with van der Waals surface area (Å²) in [5.74, 6) is 1.02. The van der Waals surface area contributed by atoms with E-state index in [2.05, 4.69) is 20.4 Å². The second-order valence-electron chi connectivity index (χ2n) is 4.68. The van der Waals surface area contributed by atoms with Crippen LogP contribution in [0.4, 0.5) is 0 Å². The Morgan fingerprint density at radius 3 is 2.07 bits per heavy atom. The molecule has 1 nitrogen and oxygen atoms in total. The van der Waals surface area contributed by atoms with Crippen molar-refractivity contribution in [2.24, 2.45) is 17.8 Å². The molecule has 1 atom stereocenters. The van der Waals surface area contributed by atoms with Gasteiger partial charge in [-0.15, -0.1) is 0 Å². The fourth-order valence-electron chi connectivity index (χ4n) is 1.67. The van der Waals surface area contributed by atoms with E-state index in [0.29, 0.717) is 11.7 Å². The first-order chi connectivity index (χ1) is 6.93. The normalized spacial score (nSPS) is 14.5. The number of ketones is 1. The van der Waals surface area contributed by atoms with Crippen molar-refractivity contribution in [3.8, 4) is 0 Å². The monoisotopic (exact) mass is 208 g/mol. The summed E-state index contributed by atoms with van der Waals surface area (Å²) in [6, 6.07) is 0. The van der Waals surface area contributed by atoms with Crippen LogP contribution >= 0.6 is 0 Å². The van der Waals surface area contributed by atoms with Crippen LogP contribution in [0.3, 0.4) is 0 Å². The zero-order chi connectivity index (χ0) is 12.0. The van der Waals surface area contributed by atoms with Crippen LogP contribution in [0.1, 0.15) is 41.0 Å². The van der Waals surface area contributed by atoms with E-state index in [-0.39, 0.29) is 11.8 Å². The third-order valence-corrected chi connectivity index (χ3v) is 2.83. The van der Waals surface area contributed by atoms with Gasteiger partial charge in [0, 0.05) is 11.8 Å². The molecule has 0 fully saturated rings. The lowest BCUT2D eigenvalue weighted by atomic mass is 9.81. The predicted octanol–water partition coefficient (Wildman–Crippen LogP) is 4.01. The first kappa shape index (κ1) is 14.2. The zero-order valence-electron chi connectivity index (χ0n) is 10.7. The topological polar surface area (TPSA) is 17.1 Å². The summed E-state index contributed by atoms with van der Waals surface area (Å²) in [5.41, 5.74) is 1.17. The van der Waals surface area contributed by atoms with Crippen molar-refractivity contribution in [1.82, 2.24) is 0 Å². The van der Waals surface area contributed by atoms with E-state index in [0.717, 1.165) is 6.42 Å². The van der Waals surface area contributed by atoms with E-state index in [1.165, 1.54) is 5.57 Å². The molecule has 0 radical (unpaired) electrons. The summed E-state index contributed by atoms with van der Waals surface area (Å²) in [6.45, 7) is 13.9. The number of carbonyl (C=O) groups is 1. The molecule has 86 valence electrons. The van der Waals surface area contributed by atoms with E-state index in [1.807, 2.05) is 32.9 Å². The molecule has 0 aliphatic heterocycles. The summed E-state index contributed by atoms with van der Waals surface area (Å²) in [5, 5.41) is 0. The van der Waals surface area contributed by atoms with Gasteiger partial charge in [0.15, 0.2) is 0 Å². The van der Waals surface area contributed by atoms with Crippen LogP contribution in [0.5, 0.6) is 0 Å². The van der Waals surface area contributed by atoms with Crippen molar-refractivity contribution in [3.63, 3.8) is 0 Å². The smallest absolute Gasteiger partial charge is 0.139 e. The number of hydrogen-bond acceptors (Lipinski definition) is 1. The average Bonchev–Trinajstić information content (AvgIpc) is 2.18. The highest BCUT2D eigenvalue weighted by atomic mass is 16.1. The molecule has 0 aliphatic carbocycles. The molecule has 0 aromatic rings. The van der Waals surface area contributed by atoms with E-state index < -0.39 is 0 Å². The molecule has 0 aromatic heterocycles. The van der Waals surface area contributed by atoms with Crippen LogP contribution in [0.15, 0.2) is 24.3 Å². The van der Waals surface area contributed by atoms with Crippen molar-refractivity contribution in [3.05, 3.63) is 24.3 Å². The van der Waals surface area contributed by atoms with Crippen LogP contribution in [0.25, 0.3) is 0 Å². The summed E-state index contributed by atoms with van der Waals surface area (Å²) in [4.78, 5) is 12.0. The Kier molecular flexibility index (Phi) is 6.23. The fraction of sp³-hybridized carbons (Fsp3) is 0.643. The van der Waals surface area contributed by atoms with Gasteiger partial charge >= 0.3 is 0 Å². The molecule has 0 heterocycles. The van der Waals surface area contributed by atoms with E-state index in [9.17, 15) is 4.79 Å². The third-order valence-electron chi connectivity index (χ3n) is 2.83. The SMILES string of the molecule is C=C/C(=C\C)CC(C(=O)C(C)C)C(C)C. The Morgan fingerprint density at radius 1 is 1.27 bits per heavy atom. The van der Waals surface area contributed by atoms with Crippen LogP contribution in [-0.4, -0.2) is 5.78 Å². The van der Waals surface area contributed by atoms with Crippen molar-refractivity contribution >= 4 is 5.78 Å². The van der Waals surface area contributed by atoms with Gasteiger partial charge in [0.2, 0.25) is 0 Å². The number of hydrogen-bond donors (Lipinski definition) is 0. The molecule has 15 heavy (non-hydrogen) atoms. The summed E-state index contributed by atoms with van der Waals surface area (Å²) < 4.78 is 0. The van der Waals surface area contributed by atoms with E-state index >= 15 is 0 Å². The number of allylic oxidation sites excluding steroid dienone is 3. The van der Waals surface area contributed by atoms with Crippen LogP contribution in [0.2, 0.25) is 0 Å². The minimum atomic E-state index is 0.125. The predicted molar refractivity (Wildman–Crippen MR) is 66.7 cm³/mol. The van der Waals surface area contributed by atoms with Gasteiger partial charge in [-0.2, -0.15) is 0 Å². The van der Waals surface area contributed by atoms with Gasteiger partial charge in [-0.25, -0.2) is 0 Å². The minimum absolute atomic E-state index is 0.125. The lowest BCUT2D eigenvalue weighted by Gasteiger charge is -2.22. The Balaban J connectivity index is 4.69. The molecule has 0 N–H and O–H groups in total. The minimum Gasteiger partial charge on any atom is -0.299 e. The molecule has 0 spiro atoms. The quantitative estimate of drug-likeness (QED) is 0.603. The molecule has 0 saturated heterocycles. The largest absolute Gasteiger partial charge is 0.299 e. The number of carbonyl (C=O) groups excluding carboxylic acids is 1. The first-order valence-electron chi connectivity index (χ1n) is 5.75. The molecule has 0 saturated carbocycles. The first-order valence-corrected chi connectivity index (χ1v) is 5.75. The highest BCUT2D eigenvalue weighted by Gasteiger charge is 2.24. The maximum Gasteiger partial charge on any atom is 0.139 e. The molecule has 1 unspecified atom stereocenters. The Hall–Kier alpha value is -0.850. The van der Waals surface area contributed by atoms with Gasteiger partial charge in [0.1, 0.15) is 5.78 Å². The molecule has 1 heteroatoms. The Morgan fingerprint density at radius 2 is 1.80 bits per heavy atom. The highest BCUT2D eigenvalue weighted by molar-refractivity contribution is 5.83. The number of rotatable bonds is 6. The van der Waals surface area contributed by atoms with E-state index in [1.54, 1.807) is 0 Å². The highest BCUT2D eigenvalue weighted by Crippen LogP contribution is 2.24. The van der Waals surface area contributed by atoms with Gasteiger partial charge in [0.05, 0.1) is 0 Å². The van der Waals surface area contributed by atoms with Crippen molar-refractivity contribution in [2.45, 2.75) is 41.0 Å². The van der Waals surface area contributed by atoms with Gasteiger partial charge in [0.25, 0.3) is 0 Å². The number of Topliss-reactive ketones (excluding diaryl/α,β-unsaturated/α-hetero) is 1. The standard InChI is InChI=1S/C14H24O/c1-7-12(8-2)9-13(10(3)4)14(15)11(5)6/h7-8,10-11,13H,1,9H2,2-6H3/b12-8+. The van der Waals surface area contributed by atoms with Crippen molar-refractivity contribution < 1.29 is 4.79 Å². The molecule has 0 aromatic carbocycles. The van der Waals surface area contributed by atoms with Crippen LogP contribution in [-0.2, 0) is 4.79 Å². The Bertz CT molecular complexity index is 246. The molecule has 0 aliphatic rings. The summed E-state index contributed by atoms with van der Waals surface area (Å²) in [6.07, 6.45) is 4.72. The van der Waals surface area contributed by atoms with Crippen molar-refractivity contribution in [1.29, 1.82) is 0 Å². The molecular weight excluding hydrogens is 184 g/mol. The molecule has 0 rings (SSSR count). The van der Waals surface area contributed by atoms with Gasteiger partial charge in [-0.1, -0.05) is 52.0 Å². The van der Waals surface area contributed by atoms with Crippen LogP contribution in [0, 0.1) is 17.8 Å². The lowest BCUT2D eigenvalue weighted by molar-refractivity contribution is -0.127. The van der Waals surface area contributed by atoms with Gasteiger partial charge in [-0.3, -0.25) is 4.79 Å². The summed E-state index contributed by atoms with van der Waals surface area (Å²) >= 11 is 0. The van der Waals surface area contributed by atoms with E-state index in [4.69, 9.17) is 0 Å². The lowest BCUT2D eigenvalue weighted by Crippen LogP contribution is -2.24. The third kappa shape index (κ3) is 4.46. The molecule has 0 bridgehead atoms. The second-order valence-corrected chi connectivity index (χ2v) is 4.68. The molecular formula is C14H24O. The van der Waals surface area contributed by atoms with Crippen LogP contribution < -0.4 is 0 Å². The maximum absolute atomic E-state index is 12.0. The summed E-state index contributed by atoms with van der Waals surface area (Å²) in [7, 11) is 0. The van der Waals surface area contributed by atoms with Gasteiger partial charge < -0.3 is 0 Å². The molecule has 0 amide bonds. The fourth-order valence-corrected chi connectivity index (χ4v) is 1.67. The maximum atomic E-state index is 12.0. The van der Waals surface area contributed by atoms with Gasteiger partial charge in [-0.05, 0) is 19.3 Å².